The number of carbonyl (C=O) groups is 3. The second kappa shape index (κ2) is 9.43. The Morgan fingerprint density at radius 1 is 1.13 bits per heavy atom. The number of hydrogen-bond donors (Lipinski definition) is 1. The number of esters is 1. The van der Waals surface area contributed by atoms with E-state index in [0.717, 1.165) is 0 Å². The first-order valence-electron chi connectivity index (χ1n) is 11.8. The highest BCUT2D eigenvalue weighted by Crippen LogP contribution is 2.56. The van der Waals surface area contributed by atoms with Crippen LogP contribution >= 0.6 is 11.6 Å². The Kier molecular flexibility index (Phi) is 6.38. The summed E-state index contributed by atoms with van der Waals surface area (Å²) in [7, 11) is 4.00. The van der Waals surface area contributed by atoms with E-state index in [1.165, 1.54) is 27.4 Å². The number of allylic oxidation sites excluding steroid dienone is 1. The lowest BCUT2D eigenvalue weighted by molar-refractivity contribution is -0.140. The molecule has 0 bridgehead atoms. The predicted molar refractivity (Wildman–Crippen MR) is 133 cm³/mol. The van der Waals surface area contributed by atoms with Crippen LogP contribution in [-0.4, -0.2) is 56.4 Å². The summed E-state index contributed by atoms with van der Waals surface area (Å²) in [5.41, 5.74) is -1.59. The van der Waals surface area contributed by atoms with Crippen LogP contribution in [0.1, 0.15) is 41.6 Å². The first-order valence-corrected chi connectivity index (χ1v) is 12.2. The Bertz CT molecular complexity index is 1400. The lowest BCUT2D eigenvalue weighted by atomic mass is 9.69. The fourth-order valence-corrected chi connectivity index (χ4v) is 5.57. The number of carbonyl (C=O) groups excluding carboxylic acids is 3. The smallest absolute Gasteiger partial charge is 0.306 e. The molecule has 38 heavy (non-hydrogen) atoms. The summed E-state index contributed by atoms with van der Waals surface area (Å²) in [5, 5.41) is 11.8. The molecule has 3 atom stereocenters. The summed E-state index contributed by atoms with van der Waals surface area (Å²) in [5.74, 6) is -2.76. The van der Waals surface area contributed by atoms with Crippen LogP contribution in [0.2, 0.25) is 5.02 Å². The van der Waals surface area contributed by atoms with Gasteiger partial charge >= 0.3 is 5.97 Å². The quantitative estimate of drug-likeness (QED) is 0.529. The fraction of sp³-hybridized carbons (Fsp3) is 0.370. The van der Waals surface area contributed by atoms with Crippen LogP contribution in [0.5, 0.6) is 28.7 Å². The number of halogens is 1. The van der Waals surface area contributed by atoms with Gasteiger partial charge in [-0.1, -0.05) is 24.6 Å². The standard InChI is InChI=1S/C27H25ClO10/c1-12-7-15(29)21(14(9-20(30)35-4)13-5-6-16-17(8-13)37-11-36-16)25(31)27(12)26(32)22-18(33-2)10-19(34-3)23(28)24(22)38-27/h5-6,8,10,12,14,31H,7,9,11H2,1-4H3/t12-,14+,27+/m1/s1. The van der Waals surface area contributed by atoms with Gasteiger partial charge in [0, 0.05) is 29.9 Å². The van der Waals surface area contributed by atoms with Gasteiger partial charge in [-0.25, -0.2) is 0 Å². The van der Waals surface area contributed by atoms with Crippen LogP contribution in [-0.2, 0) is 14.3 Å². The second-order valence-electron chi connectivity index (χ2n) is 9.20. The number of aliphatic hydroxyl groups excluding tert-OH is 1. The molecule has 0 saturated carbocycles. The predicted octanol–water partition coefficient (Wildman–Crippen LogP) is 4.17. The van der Waals surface area contributed by atoms with E-state index >= 15 is 0 Å². The maximum atomic E-state index is 14.0. The van der Waals surface area contributed by atoms with Gasteiger partial charge < -0.3 is 33.5 Å². The molecule has 5 rings (SSSR count). The zero-order valence-corrected chi connectivity index (χ0v) is 21.8. The molecule has 0 saturated heterocycles. The van der Waals surface area contributed by atoms with Gasteiger partial charge in [0.1, 0.15) is 22.1 Å². The molecule has 11 heteroatoms. The SMILES string of the molecule is COC(=O)C[C@H](C1=C(O)[C@@]2(Oc3c(Cl)c(OC)cc(OC)c3C2=O)[C@H](C)CC1=O)c1ccc2c(c1)OCO2. The number of methoxy groups -OCH3 is 3. The topological polar surface area (TPSA) is 127 Å². The molecular formula is C27H25ClO10. The lowest BCUT2D eigenvalue weighted by Crippen LogP contribution is -2.53. The van der Waals surface area contributed by atoms with Crippen molar-refractivity contribution in [2.75, 3.05) is 28.1 Å². The van der Waals surface area contributed by atoms with Crippen molar-refractivity contribution in [1.82, 2.24) is 0 Å². The van der Waals surface area contributed by atoms with Crippen LogP contribution in [0.25, 0.3) is 0 Å². The molecule has 2 aromatic rings. The van der Waals surface area contributed by atoms with Gasteiger partial charge in [0.15, 0.2) is 28.8 Å². The highest BCUT2D eigenvalue weighted by molar-refractivity contribution is 6.35. The number of hydrogen-bond acceptors (Lipinski definition) is 10. The summed E-state index contributed by atoms with van der Waals surface area (Å²) < 4.78 is 32.6. The van der Waals surface area contributed by atoms with Crippen molar-refractivity contribution in [2.24, 2.45) is 5.92 Å². The molecule has 2 aromatic carbocycles. The van der Waals surface area contributed by atoms with E-state index in [4.69, 9.17) is 40.0 Å². The molecule has 10 nitrogen and oxygen atoms in total. The van der Waals surface area contributed by atoms with Gasteiger partial charge in [-0.05, 0) is 17.7 Å². The number of fused-ring (bicyclic) bond motifs is 2. The number of ketones is 2. The molecule has 1 spiro atoms. The summed E-state index contributed by atoms with van der Waals surface area (Å²) in [4.78, 5) is 40.0. The number of benzene rings is 2. The third kappa shape index (κ3) is 3.65. The van der Waals surface area contributed by atoms with E-state index in [1.807, 2.05) is 0 Å². The van der Waals surface area contributed by atoms with E-state index < -0.39 is 40.7 Å². The highest BCUT2D eigenvalue weighted by atomic mass is 35.5. The monoisotopic (exact) mass is 544 g/mol. The zero-order chi connectivity index (χ0) is 27.4. The van der Waals surface area contributed by atoms with Gasteiger partial charge in [-0.2, -0.15) is 0 Å². The number of ether oxygens (including phenoxy) is 6. The Morgan fingerprint density at radius 3 is 2.53 bits per heavy atom. The van der Waals surface area contributed by atoms with Crippen LogP contribution in [0.15, 0.2) is 35.6 Å². The van der Waals surface area contributed by atoms with Gasteiger partial charge in [0.2, 0.25) is 18.2 Å². The van der Waals surface area contributed by atoms with Crippen molar-refractivity contribution >= 4 is 29.1 Å². The molecule has 1 aliphatic carbocycles. The first kappa shape index (κ1) is 25.7. The summed E-state index contributed by atoms with van der Waals surface area (Å²) in [6.45, 7) is 1.66. The van der Waals surface area contributed by atoms with Crippen molar-refractivity contribution in [3.05, 3.63) is 51.7 Å². The van der Waals surface area contributed by atoms with Gasteiger partial charge in [0.25, 0.3) is 0 Å². The van der Waals surface area contributed by atoms with Gasteiger partial charge in [-0.15, -0.1) is 0 Å². The number of aliphatic hydroxyl groups is 1. The summed E-state index contributed by atoms with van der Waals surface area (Å²) in [6, 6.07) is 6.39. The minimum Gasteiger partial charge on any atom is -0.507 e. The van der Waals surface area contributed by atoms with Crippen LogP contribution < -0.4 is 23.7 Å². The summed E-state index contributed by atoms with van der Waals surface area (Å²) >= 11 is 6.50. The van der Waals surface area contributed by atoms with Crippen LogP contribution in [0.4, 0.5) is 0 Å². The van der Waals surface area contributed by atoms with Crippen LogP contribution in [0, 0.1) is 5.92 Å². The Labute approximate surface area is 223 Å². The Morgan fingerprint density at radius 2 is 1.84 bits per heavy atom. The van der Waals surface area contributed by atoms with E-state index in [0.29, 0.717) is 17.1 Å². The van der Waals surface area contributed by atoms with Crippen molar-refractivity contribution in [1.29, 1.82) is 0 Å². The molecule has 2 heterocycles. The lowest BCUT2D eigenvalue weighted by Gasteiger charge is -2.38. The molecule has 0 fully saturated rings. The molecule has 0 radical (unpaired) electrons. The second-order valence-corrected chi connectivity index (χ2v) is 9.58. The van der Waals surface area contributed by atoms with Crippen molar-refractivity contribution in [3.63, 3.8) is 0 Å². The average Bonchev–Trinajstić information content (AvgIpc) is 3.50. The maximum absolute atomic E-state index is 14.0. The Balaban J connectivity index is 1.71. The normalized spacial score (nSPS) is 22.3. The molecule has 0 aromatic heterocycles. The van der Waals surface area contributed by atoms with Crippen molar-refractivity contribution < 1.29 is 47.9 Å². The highest BCUT2D eigenvalue weighted by Gasteiger charge is 2.61. The van der Waals surface area contributed by atoms with Crippen LogP contribution in [0.3, 0.4) is 0 Å². The van der Waals surface area contributed by atoms with Gasteiger partial charge in [-0.3, -0.25) is 14.4 Å². The molecule has 2 aliphatic heterocycles. The molecule has 1 N–H and O–H groups in total. The van der Waals surface area contributed by atoms with Crippen molar-refractivity contribution in [2.45, 2.75) is 31.3 Å². The zero-order valence-electron chi connectivity index (χ0n) is 21.1. The van der Waals surface area contributed by atoms with E-state index in [-0.39, 0.29) is 53.0 Å². The maximum Gasteiger partial charge on any atom is 0.306 e. The van der Waals surface area contributed by atoms with Crippen molar-refractivity contribution in [3.8, 4) is 28.7 Å². The van der Waals surface area contributed by atoms with E-state index in [2.05, 4.69) is 0 Å². The number of rotatable bonds is 6. The van der Waals surface area contributed by atoms with E-state index in [1.54, 1.807) is 25.1 Å². The van der Waals surface area contributed by atoms with Gasteiger partial charge in [0.05, 0.1) is 27.8 Å². The third-order valence-corrected chi connectivity index (χ3v) is 7.62. The largest absolute Gasteiger partial charge is 0.507 e. The van der Waals surface area contributed by atoms with E-state index in [9.17, 15) is 19.5 Å². The Hall–Kier alpha value is -3.92. The third-order valence-electron chi connectivity index (χ3n) is 7.26. The molecule has 200 valence electrons. The molecular weight excluding hydrogens is 520 g/mol. The summed E-state index contributed by atoms with van der Waals surface area (Å²) in [6.07, 6.45) is -0.427. The fourth-order valence-electron chi connectivity index (χ4n) is 5.30. The molecule has 0 unspecified atom stereocenters. The minimum atomic E-state index is -1.97. The molecule has 0 amide bonds. The molecule has 3 aliphatic rings. The number of Topliss-reactive ketones (excluding diaryl/α,β-unsaturated/α-hetero) is 2. The first-order chi connectivity index (χ1) is 18.2. The average molecular weight is 545 g/mol. The minimum absolute atomic E-state index is 0.0208.